The summed E-state index contributed by atoms with van der Waals surface area (Å²) in [6.45, 7) is 3.35. The van der Waals surface area contributed by atoms with Gasteiger partial charge in [-0.1, -0.05) is 152 Å². The summed E-state index contributed by atoms with van der Waals surface area (Å²) < 4.78 is 349. The van der Waals surface area contributed by atoms with E-state index in [1.165, 1.54) is 96.3 Å². The minimum atomic E-state index is -6.13. The molecule has 0 spiro atoms. The number of unbranched alkanes of at least 4 members (excludes halogenated alkanes) is 15. The van der Waals surface area contributed by atoms with Gasteiger partial charge in [-0.2, -0.15) is 132 Å². The molecule has 0 aliphatic heterocycles. The molecule has 1 aromatic heterocycles. The van der Waals surface area contributed by atoms with Crippen molar-refractivity contribution in [3.05, 3.63) is 172 Å². The highest BCUT2D eigenvalue weighted by atomic mass is 19.4. The fourth-order valence-electron chi connectivity index (χ4n) is 10.4. The van der Waals surface area contributed by atoms with E-state index >= 15 is 0 Å². The van der Waals surface area contributed by atoms with Gasteiger partial charge in [0.05, 0.1) is 63.5 Å². The van der Waals surface area contributed by atoms with E-state index in [1.807, 2.05) is 28.8 Å². The first-order chi connectivity index (χ1) is 42.1. The normalized spacial score (nSPS) is 13.1. The molecule has 500 valence electrons. The Morgan fingerprint density at radius 1 is 0.363 bits per heavy atom. The van der Waals surface area contributed by atoms with E-state index in [-0.39, 0.29) is 5.78 Å². The number of carbonyl (C=O) groups is 1. The van der Waals surface area contributed by atoms with E-state index in [0.717, 1.165) is 18.8 Å². The van der Waals surface area contributed by atoms with Crippen LogP contribution in [0, 0.1) is 0 Å². The van der Waals surface area contributed by atoms with E-state index < -0.39 is 195 Å². The van der Waals surface area contributed by atoms with Crippen LogP contribution in [0.3, 0.4) is 0 Å². The van der Waals surface area contributed by atoms with Gasteiger partial charge in [-0.3, -0.25) is 9.78 Å². The molecule has 0 aliphatic rings. The molecule has 0 saturated carbocycles. The van der Waals surface area contributed by atoms with Gasteiger partial charge in [-0.25, -0.2) is 0 Å². The summed E-state index contributed by atoms with van der Waals surface area (Å²) in [6, 6.07) is -1.30. The fourth-order valence-corrected chi connectivity index (χ4v) is 10.4. The van der Waals surface area contributed by atoms with E-state index in [4.69, 9.17) is 4.74 Å². The zero-order chi connectivity index (χ0) is 68.0. The Hall–Kier alpha value is -6.97. The van der Waals surface area contributed by atoms with Crippen LogP contribution in [0.15, 0.2) is 122 Å². The molecule has 0 amide bonds. The van der Waals surface area contributed by atoms with Gasteiger partial charge in [0.15, 0.2) is 12.4 Å². The molecule has 5 aromatic carbocycles. The maximum atomic E-state index is 14.2. The highest BCUT2D eigenvalue weighted by molar-refractivity contribution is 7.20. The minimum absolute atomic E-state index is 0.0838. The van der Waals surface area contributed by atoms with Crippen LogP contribution in [0.25, 0.3) is 0 Å². The quantitative estimate of drug-likeness (QED) is 0.0189. The van der Waals surface area contributed by atoms with Crippen LogP contribution in [0.4, 0.5) is 105 Å². The molecular weight excluding hydrogens is 1270 g/mol. The molecule has 0 aliphatic carbocycles. The summed E-state index contributed by atoms with van der Waals surface area (Å²) in [4.78, 5) is 16.3. The van der Waals surface area contributed by atoms with Crippen molar-refractivity contribution in [1.82, 2.24) is 4.98 Å². The summed E-state index contributed by atoms with van der Waals surface area (Å²) in [5, 5.41) is 0. The average molecular weight is 1330 g/mol. The van der Waals surface area contributed by atoms with Crippen molar-refractivity contribution in [1.29, 1.82) is 0 Å². The number of halogens is 24. The maximum absolute atomic E-state index is 14.2. The molecule has 0 fully saturated rings. The Labute approximate surface area is 506 Å². The van der Waals surface area contributed by atoms with Crippen molar-refractivity contribution in [2.24, 2.45) is 0 Å². The number of ether oxygens (including phenoxy) is 1. The number of ketones is 1. The van der Waals surface area contributed by atoms with Gasteiger partial charge in [-0.15, -0.1) is 0 Å². The number of hydrogen-bond donors (Lipinski definition) is 0. The zero-order valence-corrected chi connectivity index (χ0v) is 48.1. The molecule has 0 bridgehead atoms. The molecule has 0 N–H and O–H groups in total. The van der Waals surface area contributed by atoms with Crippen LogP contribution in [-0.4, -0.2) is 23.5 Å². The van der Waals surface area contributed by atoms with Crippen LogP contribution in [0.2, 0.25) is 0 Å². The van der Waals surface area contributed by atoms with Gasteiger partial charge < -0.3 is 4.74 Å². The molecule has 6 aromatic rings. The fraction of sp³-hybridized carbons (Fsp3) is 0.435. The van der Waals surface area contributed by atoms with Crippen LogP contribution >= 0.6 is 0 Å². The van der Waals surface area contributed by atoms with Crippen molar-refractivity contribution in [3.8, 4) is 5.75 Å². The lowest BCUT2D eigenvalue weighted by Gasteiger charge is -2.46. The largest absolute Gasteiger partial charge is 0.494 e. The van der Waals surface area contributed by atoms with Crippen molar-refractivity contribution >= 4 is 33.8 Å². The lowest BCUT2D eigenvalue weighted by atomic mass is 9.12. The third kappa shape index (κ3) is 21.8. The van der Waals surface area contributed by atoms with Crippen LogP contribution in [0.5, 0.6) is 5.75 Å². The lowest BCUT2D eigenvalue weighted by Crippen LogP contribution is -2.75. The second kappa shape index (κ2) is 30.6. The maximum Gasteiger partial charge on any atom is 0.416 e. The van der Waals surface area contributed by atoms with E-state index in [1.54, 1.807) is 24.8 Å². The Bertz CT molecular complexity index is 2850. The topological polar surface area (TPSA) is 43.1 Å². The van der Waals surface area contributed by atoms with Crippen molar-refractivity contribution < 1.29 is 119 Å². The van der Waals surface area contributed by atoms with Crippen molar-refractivity contribution in [2.45, 2.75) is 166 Å². The third-order valence-electron chi connectivity index (χ3n) is 14.9. The molecule has 0 unspecified atom stereocenters. The van der Waals surface area contributed by atoms with Gasteiger partial charge in [0.25, 0.3) is 0 Å². The van der Waals surface area contributed by atoms with Crippen molar-refractivity contribution in [3.63, 3.8) is 0 Å². The standard InChI is InChI=1S/C32H12BF24.C30H47N2O2/c34-25(35,36)13-1-14(26(37,38)39)6-21(5-13)33(22-7-15(27(40,41)42)2-16(8-22)28(43,44)45,23-9-17(29(46,47)48)3-18(10-23)30(49,50)51)24-11-19(31(52,53)54)4-20(12-24)32(55,56)57;1-2-3-4-5-6-7-8-9-10-11-12-13-14-15-16-17-26-34-29-20-18-28(19-21-29)30(33)27-32-24-22-31-23-25-32/h1-12H;18-25H,2-17,26-27H2,1H3/q-1;+1. The van der Waals surface area contributed by atoms with Crippen LogP contribution in [0.1, 0.15) is 165 Å². The molecule has 0 saturated heterocycles. The van der Waals surface area contributed by atoms with E-state index in [0.29, 0.717) is 12.1 Å². The van der Waals surface area contributed by atoms with Crippen LogP contribution < -0.4 is 31.2 Å². The molecule has 6 rings (SSSR count). The monoisotopic (exact) mass is 1330 g/mol. The zero-order valence-electron chi connectivity index (χ0n) is 48.1. The SMILES string of the molecule is CCCCCCCCCCCCCCCCCCOc1ccc(C(=O)C[n+]2ccncc2)cc1.FC(F)(F)c1cc([B-](c2cc(C(F)(F)F)cc(C(F)(F)F)c2)(c2cc(C(F)(F)F)cc(C(F)(F)F)c2)c2cc(C(F)(F)F)cc(C(F)(F)F)c2)cc(C(F)(F)F)c1. The van der Waals surface area contributed by atoms with Gasteiger partial charge in [0.2, 0.25) is 12.3 Å². The molecular formula is C62H59BF24N2O2. The Morgan fingerprint density at radius 3 is 0.846 bits per heavy atom. The van der Waals surface area contributed by atoms with E-state index in [9.17, 15) is 110 Å². The molecule has 29 heteroatoms. The predicted octanol–water partition coefficient (Wildman–Crippen LogP) is 19.1. The summed E-state index contributed by atoms with van der Waals surface area (Å²) >= 11 is 0. The number of hydrogen-bond acceptors (Lipinski definition) is 3. The first-order valence-electron chi connectivity index (χ1n) is 28.5. The smallest absolute Gasteiger partial charge is 0.416 e. The van der Waals surface area contributed by atoms with Gasteiger partial charge in [-0.05, 0) is 55.0 Å². The first kappa shape index (κ1) is 74.8. The number of aromatic nitrogens is 2. The molecule has 4 nitrogen and oxygen atoms in total. The van der Waals surface area contributed by atoms with Crippen LogP contribution in [-0.2, 0) is 56.0 Å². The molecule has 91 heavy (non-hydrogen) atoms. The summed E-state index contributed by atoms with van der Waals surface area (Å²) in [5.74, 6) is 0.926. The molecule has 0 atom stereocenters. The third-order valence-corrected chi connectivity index (χ3v) is 14.9. The Balaban J connectivity index is 0.000000377. The highest BCUT2D eigenvalue weighted by Crippen LogP contribution is 2.42. The van der Waals surface area contributed by atoms with Gasteiger partial charge in [0, 0.05) is 5.56 Å². The van der Waals surface area contributed by atoms with Gasteiger partial charge in [0.1, 0.15) is 11.9 Å². The van der Waals surface area contributed by atoms with Crippen molar-refractivity contribution in [2.75, 3.05) is 6.61 Å². The van der Waals surface area contributed by atoms with Gasteiger partial charge >= 0.3 is 49.4 Å². The lowest BCUT2D eigenvalue weighted by molar-refractivity contribution is -0.683. The number of Topliss-reactive ketones (excluding diaryl/α,β-unsaturated/α-hetero) is 1. The number of nitrogens with zero attached hydrogens (tertiary/aromatic N) is 2. The number of rotatable bonds is 25. The second-order valence-electron chi connectivity index (χ2n) is 21.7. The minimum Gasteiger partial charge on any atom is -0.494 e. The predicted molar refractivity (Wildman–Crippen MR) is 290 cm³/mol. The highest BCUT2D eigenvalue weighted by Gasteiger charge is 2.47. The second-order valence-corrected chi connectivity index (χ2v) is 21.7. The Morgan fingerprint density at radius 2 is 0.604 bits per heavy atom. The number of alkyl halides is 24. The average Bonchev–Trinajstić information content (AvgIpc) is 0.710. The Kier molecular flexibility index (Phi) is 25.2. The summed E-state index contributed by atoms with van der Waals surface area (Å²) in [7, 11) is 0. The summed E-state index contributed by atoms with van der Waals surface area (Å²) in [5.41, 5.74) is -29.5. The summed E-state index contributed by atoms with van der Waals surface area (Å²) in [6.07, 6.45) is -25.8. The number of carbonyl (C=O) groups excluding carboxylic acids is 1. The number of benzene rings is 5. The molecule has 1 heterocycles. The van der Waals surface area contributed by atoms with E-state index in [2.05, 4.69) is 11.9 Å². The molecule has 0 radical (unpaired) electrons. The first-order valence-corrected chi connectivity index (χ1v) is 28.5.